The number of rotatable bonds is 3. The Morgan fingerprint density at radius 1 is 1.20 bits per heavy atom. The first kappa shape index (κ1) is 11.4. The molecular weight excluding hydrogens is 184 g/mol. The van der Waals surface area contributed by atoms with Gasteiger partial charge < -0.3 is 10.2 Å². The van der Waals surface area contributed by atoms with E-state index in [-0.39, 0.29) is 0 Å². The molecule has 0 radical (unpaired) electrons. The minimum atomic E-state index is 0.819. The smallest absolute Gasteiger partial charge is 0.00797 e. The third-order valence-electron chi connectivity index (χ3n) is 4.37. The first-order valence-corrected chi connectivity index (χ1v) is 6.71. The van der Waals surface area contributed by atoms with Crippen molar-refractivity contribution in [1.29, 1.82) is 0 Å². The van der Waals surface area contributed by atoms with Crippen LogP contribution < -0.4 is 5.32 Å². The van der Waals surface area contributed by atoms with Gasteiger partial charge in [0, 0.05) is 12.6 Å². The summed E-state index contributed by atoms with van der Waals surface area (Å²) in [5, 5.41) is 3.59. The van der Waals surface area contributed by atoms with Gasteiger partial charge in [-0.2, -0.15) is 0 Å². The summed E-state index contributed by atoms with van der Waals surface area (Å²) in [5.74, 6) is 1.83. The molecule has 0 saturated carbocycles. The van der Waals surface area contributed by atoms with Gasteiger partial charge in [-0.05, 0) is 57.2 Å². The summed E-state index contributed by atoms with van der Waals surface area (Å²) < 4.78 is 0. The van der Waals surface area contributed by atoms with Gasteiger partial charge in [0.2, 0.25) is 0 Å². The van der Waals surface area contributed by atoms with E-state index < -0.39 is 0 Å². The number of likely N-dealkylation sites (tertiary alicyclic amines) is 1. The summed E-state index contributed by atoms with van der Waals surface area (Å²) in [5.41, 5.74) is 0. The van der Waals surface area contributed by atoms with E-state index >= 15 is 0 Å². The van der Waals surface area contributed by atoms with Crippen LogP contribution in [0.25, 0.3) is 0 Å². The van der Waals surface area contributed by atoms with Crippen molar-refractivity contribution < 1.29 is 0 Å². The molecule has 0 aliphatic carbocycles. The highest BCUT2D eigenvalue weighted by molar-refractivity contribution is 4.79. The molecule has 2 saturated heterocycles. The normalized spacial score (nSPS) is 38.4. The lowest BCUT2D eigenvalue weighted by Crippen LogP contribution is -2.40. The molecule has 0 aromatic heterocycles. The number of nitrogens with zero attached hydrogens (tertiary/aromatic N) is 1. The molecule has 88 valence electrons. The Morgan fingerprint density at radius 2 is 2.07 bits per heavy atom. The molecule has 0 aromatic rings. The number of nitrogens with one attached hydrogen (secondary N) is 1. The highest BCUT2D eigenvalue weighted by Gasteiger charge is 2.23. The summed E-state index contributed by atoms with van der Waals surface area (Å²) in [6.07, 6.45) is 5.55. The Morgan fingerprint density at radius 3 is 2.73 bits per heavy atom. The first-order valence-electron chi connectivity index (χ1n) is 6.71. The third-order valence-corrected chi connectivity index (χ3v) is 4.37. The zero-order valence-corrected chi connectivity index (χ0v) is 10.3. The van der Waals surface area contributed by atoms with Gasteiger partial charge in [0.05, 0.1) is 0 Å². The van der Waals surface area contributed by atoms with E-state index in [0.717, 1.165) is 17.9 Å². The molecule has 15 heavy (non-hydrogen) atoms. The average molecular weight is 210 g/mol. The highest BCUT2D eigenvalue weighted by atomic mass is 15.1. The molecule has 3 unspecified atom stereocenters. The second kappa shape index (κ2) is 5.31. The summed E-state index contributed by atoms with van der Waals surface area (Å²) in [7, 11) is 0. The van der Waals surface area contributed by atoms with Crippen LogP contribution >= 0.6 is 0 Å². The fourth-order valence-electron chi connectivity index (χ4n) is 2.89. The van der Waals surface area contributed by atoms with Crippen LogP contribution in [0.5, 0.6) is 0 Å². The van der Waals surface area contributed by atoms with Crippen LogP contribution in [-0.4, -0.2) is 37.1 Å². The van der Waals surface area contributed by atoms with Crippen molar-refractivity contribution in [1.82, 2.24) is 10.2 Å². The van der Waals surface area contributed by atoms with E-state index in [1.54, 1.807) is 0 Å². The van der Waals surface area contributed by atoms with E-state index in [1.165, 1.54) is 51.9 Å². The lowest BCUT2D eigenvalue weighted by Gasteiger charge is -2.35. The van der Waals surface area contributed by atoms with Crippen molar-refractivity contribution in [3.63, 3.8) is 0 Å². The molecule has 1 N–H and O–H groups in total. The molecule has 2 aliphatic heterocycles. The van der Waals surface area contributed by atoms with Crippen molar-refractivity contribution in [2.75, 3.05) is 26.2 Å². The topological polar surface area (TPSA) is 15.3 Å². The quantitative estimate of drug-likeness (QED) is 0.767. The van der Waals surface area contributed by atoms with Crippen molar-refractivity contribution >= 4 is 0 Å². The molecule has 0 spiro atoms. The van der Waals surface area contributed by atoms with Gasteiger partial charge in [-0.15, -0.1) is 0 Å². The van der Waals surface area contributed by atoms with Crippen LogP contribution in [0.4, 0.5) is 0 Å². The van der Waals surface area contributed by atoms with Gasteiger partial charge in [-0.25, -0.2) is 0 Å². The van der Waals surface area contributed by atoms with E-state index in [4.69, 9.17) is 0 Å². The monoisotopic (exact) mass is 210 g/mol. The average Bonchev–Trinajstić information content (AvgIpc) is 2.73. The summed E-state index contributed by atoms with van der Waals surface area (Å²) in [4.78, 5) is 2.67. The zero-order chi connectivity index (χ0) is 10.7. The Bertz CT molecular complexity index is 187. The predicted molar refractivity (Wildman–Crippen MR) is 65.0 cm³/mol. The molecule has 2 heterocycles. The molecule has 0 amide bonds. The van der Waals surface area contributed by atoms with E-state index in [1.807, 2.05) is 0 Å². The Labute approximate surface area is 94.4 Å². The standard InChI is InChI=1S/C13H26N2/c1-11-5-8-15(10-12(11)2)9-6-13-4-3-7-14-13/h11-14H,3-10H2,1-2H3. The number of hydrogen-bond donors (Lipinski definition) is 1. The molecule has 0 bridgehead atoms. The molecule has 2 nitrogen and oxygen atoms in total. The highest BCUT2D eigenvalue weighted by Crippen LogP contribution is 2.22. The maximum atomic E-state index is 3.59. The Hall–Kier alpha value is -0.0800. The van der Waals surface area contributed by atoms with Crippen LogP contribution in [-0.2, 0) is 0 Å². The van der Waals surface area contributed by atoms with Gasteiger partial charge in [0.25, 0.3) is 0 Å². The SMILES string of the molecule is CC1CCN(CCC2CCCN2)CC1C. The molecule has 2 rings (SSSR count). The molecule has 2 aliphatic rings. The van der Waals surface area contributed by atoms with Crippen molar-refractivity contribution in [3.8, 4) is 0 Å². The molecule has 0 aromatic carbocycles. The largest absolute Gasteiger partial charge is 0.314 e. The summed E-state index contributed by atoms with van der Waals surface area (Å²) in [6, 6.07) is 0.819. The molecule has 2 heteroatoms. The van der Waals surface area contributed by atoms with Gasteiger partial charge >= 0.3 is 0 Å². The second-order valence-electron chi connectivity index (χ2n) is 5.63. The van der Waals surface area contributed by atoms with E-state index in [0.29, 0.717) is 0 Å². The third kappa shape index (κ3) is 3.18. The van der Waals surface area contributed by atoms with Gasteiger partial charge in [-0.3, -0.25) is 0 Å². The minimum Gasteiger partial charge on any atom is -0.314 e. The van der Waals surface area contributed by atoms with Crippen LogP contribution in [0.2, 0.25) is 0 Å². The number of hydrogen-bond acceptors (Lipinski definition) is 2. The van der Waals surface area contributed by atoms with Crippen LogP contribution in [0.1, 0.15) is 39.5 Å². The first-order chi connectivity index (χ1) is 7.25. The summed E-state index contributed by atoms with van der Waals surface area (Å²) >= 11 is 0. The Balaban J connectivity index is 1.66. The van der Waals surface area contributed by atoms with Gasteiger partial charge in [-0.1, -0.05) is 13.8 Å². The van der Waals surface area contributed by atoms with Gasteiger partial charge in [0.1, 0.15) is 0 Å². The maximum absolute atomic E-state index is 3.59. The molecular formula is C13H26N2. The zero-order valence-electron chi connectivity index (χ0n) is 10.3. The van der Waals surface area contributed by atoms with Crippen LogP contribution in [0.15, 0.2) is 0 Å². The van der Waals surface area contributed by atoms with Crippen LogP contribution in [0, 0.1) is 11.8 Å². The van der Waals surface area contributed by atoms with Crippen molar-refractivity contribution in [2.24, 2.45) is 11.8 Å². The molecule has 2 fully saturated rings. The molecule has 3 atom stereocenters. The van der Waals surface area contributed by atoms with Crippen LogP contribution in [0.3, 0.4) is 0 Å². The van der Waals surface area contributed by atoms with E-state index in [9.17, 15) is 0 Å². The lowest BCUT2D eigenvalue weighted by molar-refractivity contribution is 0.134. The maximum Gasteiger partial charge on any atom is 0.00797 e. The van der Waals surface area contributed by atoms with Crippen molar-refractivity contribution in [2.45, 2.75) is 45.6 Å². The van der Waals surface area contributed by atoms with E-state index in [2.05, 4.69) is 24.1 Å². The fourth-order valence-corrected chi connectivity index (χ4v) is 2.89. The fraction of sp³-hybridized carbons (Fsp3) is 1.00. The predicted octanol–water partition coefficient (Wildman–Crippen LogP) is 2.11. The lowest BCUT2D eigenvalue weighted by atomic mass is 9.88. The van der Waals surface area contributed by atoms with Gasteiger partial charge in [0.15, 0.2) is 0 Å². The second-order valence-corrected chi connectivity index (χ2v) is 5.63. The number of piperidine rings is 1. The summed E-state index contributed by atoms with van der Waals surface area (Å²) in [6.45, 7) is 10.0. The minimum absolute atomic E-state index is 0.819. The van der Waals surface area contributed by atoms with Crippen molar-refractivity contribution in [3.05, 3.63) is 0 Å². The Kier molecular flexibility index (Phi) is 4.04.